The molecule has 1 amide bonds. The molecule has 5 nitrogen and oxygen atoms in total. The highest BCUT2D eigenvalue weighted by atomic mass is 32.2. The fourth-order valence-corrected chi connectivity index (χ4v) is 1.73. The SMILES string of the molecule is CCC(C)C(NS(C)(=O)=O)C(N)=O. The van der Waals surface area contributed by atoms with Gasteiger partial charge >= 0.3 is 0 Å². The molecule has 0 fully saturated rings. The number of amides is 1. The number of carbonyl (C=O) groups excluding carboxylic acids is 1. The van der Waals surface area contributed by atoms with E-state index < -0.39 is 22.0 Å². The van der Waals surface area contributed by atoms with Crippen molar-refractivity contribution in [1.82, 2.24) is 4.72 Å². The van der Waals surface area contributed by atoms with Crippen LogP contribution in [0.5, 0.6) is 0 Å². The predicted molar refractivity (Wildman–Crippen MR) is 50.4 cm³/mol. The molecule has 0 spiro atoms. The van der Waals surface area contributed by atoms with Gasteiger partial charge in [0.05, 0.1) is 6.26 Å². The van der Waals surface area contributed by atoms with Gasteiger partial charge in [0.15, 0.2) is 0 Å². The van der Waals surface area contributed by atoms with Gasteiger partial charge in [-0.15, -0.1) is 0 Å². The minimum Gasteiger partial charge on any atom is -0.368 e. The maximum atomic E-state index is 10.9. The van der Waals surface area contributed by atoms with E-state index in [-0.39, 0.29) is 5.92 Å². The van der Waals surface area contributed by atoms with Crippen LogP contribution in [0.25, 0.3) is 0 Å². The second-order valence-corrected chi connectivity index (χ2v) is 4.94. The van der Waals surface area contributed by atoms with E-state index in [0.717, 1.165) is 6.26 Å². The summed E-state index contributed by atoms with van der Waals surface area (Å²) in [5.41, 5.74) is 5.05. The van der Waals surface area contributed by atoms with Crippen molar-refractivity contribution in [3.63, 3.8) is 0 Å². The first-order valence-corrected chi connectivity index (χ1v) is 5.93. The maximum Gasteiger partial charge on any atom is 0.235 e. The molecule has 0 aliphatic carbocycles. The molecule has 0 aliphatic rings. The van der Waals surface area contributed by atoms with Gasteiger partial charge in [0.1, 0.15) is 6.04 Å². The van der Waals surface area contributed by atoms with Crippen molar-refractivity contribution >= 4 is 15.9 Å². The monoisotopic (exact) mass is 208 g/mol. The summed E-state index contributed by atoms with van der Waals surface area (Å²) in [7, 11) is -3.37. The second-order valence-electron chi connectivity index (χ2n) is 3.16. The van der Waals surface area contributed by atoms with Crippen molar-refractivity contribution in [2.75, 3.05) is 6.26 Å². The summed E-state index contributed by atoms with van der Waals surface area (Å²) in [6.45, 7) is 3.64. The van der Waals surface area contributed by atoms with Gasteiger partial charge in [-0.05, 0) is 5.92 Å². The van der Waals surface area contributed by atoms with Crippen LogP contribution >= 0.6 is 0 Å². The quantitative estimate of drug-likeness (QED) is 0.634. The average molecular weight is 208 g/mol. The Morgan fingerprint density at radius 2 is 2.00 bits per heavy atom. The van der Waals surface area contributed by atoms with Crippen LogP contribution in [0.2, 0.25) is 0 Å². The molecule has 0 heterocycles. The Bertz CT molecular complexity index is 273. The van der Waals surface area contributed by atoms with Gasteiger partial charge in [0.25, 0.3) is 0 Å². The molecule has 0 aliphatic heterocycles. The average Bonchev–Trinajstić information content (AvgIpc) is 1.96. The maximum absolute atomic E-state index is 10.9. The van der Waals surface area contributed by atoms with Crippen LogP contribution in [-0.2, 0) is 14.8 Å². The summed E-state index contributed by atoms with van der Waals surface area (Å²) in [5.74, 6) is -0.730. The zero-order valence-electron chi connectivity index (χ0n) is 8.07. The molecule has 2 atom stereocenters. The summed E-state index contributed by atoms with van der Waals surface area (Å²) in [4.78, 5) is 10.9. The smallest absolute Gasteiger partial charge is 0.235 e. The second kappa shape index (κ2) is 4.57. The summed E-state index contributed by atoms with van der Waals surface area (Å²) in [6.07, 6.45) is 1.70. The minimum atomic E-state index is -3.37. The molecular weight excluding hydrogens is 192 g/mol. The van der Waals surface area contributed by atoms with Crippen molar-refractivity contribution < 1.29 is 13.2 Å². The Balaban J connectivity index is 4.54. The van der Waals surface area contributed by atoms with E-state index in [0.29, 0.717) is 6.42 Å². The van der Waals surface area contributed by atoms with Crippen molar-refractivity contribution in [3.8, 4) is 0 Å². The highest BCUT2D eigenvalue weighted by Gasteiger charge is 2.24. The first-order valence-electron chi connectivity index (χ1n) is 4.04. The lowest BCUT2D eigenvalue weighted by Crippen LogP contribution is -2.47. The van der Waals surface area contributed by atoms with Gasteiger partial charge in [0, 0.05) is 0 Å². The number of hydrogen-bond acceptors (Lipinski definition) is 3. The van der Waals surface area contributed by atoms with E-state index >= 15 is 0 Å². The number of nitrogens with one attached hydrogen (secondary N) is 1. The molecule has 0 rings (SSSR count). The first-order chi connectivity index (χ1) is 5.78. The Hall–Kier alpha value is -0.620. The van der Waals surface area contributed by atoms with Gasteiger partial charge in [-0.2, -0.15) is 0 Å². The number of rotatable bonds is 5. The lowest BCUT2D eigenvalue weighted by atomic mass is 10.00. The molecule has 0 bridgehead atoms. The molecule has 0 aromatic heterocycles. The molecule has 6 heteroatoms. The van der Waals surface area contributed by atoms with E-state index in [1.54, 1.807) is 6.92 Å². The van der Waals surface area contributed by atoms with Gasteiger partial charge in [-0.25, -0.2) is 13.1 Å². The third kappa shape index (κ3) is 4.84. The van der Waals surface area contributed by atoms with Crippen LogP contribution in [0.3, 0.4) is 0 Å². The van der Waals surface area contributed by atoms with E-state index in [1.165, 1.54) is 0 Å². The molecule has 13 heavy (non-hydrogen) atoms. The van der Waals surface area contributed by atoms with E-state index in [4.69, 9.17) is 5.73 Å². The lowest BCUT2D eigenvalue weighted by molar-refractivity contribution is -0.120. The zero-order valence-corrected chi connectivity index (χ0v) is 8.89. The Kier molecular flexibility index (Phi) is 4.35. The normalized spacial score (nSPS) is 16.5. The van der Waals surface area contributed by atoms with Crippen LogP contribution in [0.4, 0.5) is 0 Å². The van der Waals surface area contributed by atoms with Crippen LogP contribution < -0.4 is 10.5 Å². The predicted octanol–water partition coefficient (Wildman–Crippen LogP) is -0.564. The van der Waals surface area contributed by atoms with E-state index in [1.807, 2.05) is 6.92 Å². The largest absolute Gasteiger partial charge is 0.368 e. The summed E-state index contributed by atoms with van der Waals surface area (Å²) < 4.78 is 23.9. The third-order valence-electron chi connectivity index (χ3n) is 1.86. The van der Waals surface area contributed by atoms with Crippen LogP contribution in [0.15, 0.2) is 0 Å². The van der Waals surface area contributed by atoms with Gasteiger partial charge in [-0.1, -0.05) is 20.3 Å². The summed E-state index contributed by atoms with van der Waals surface area (Å²) >= 11 is 0. The topological polar surface area (TPSA) is 89.3 Å². The molecule has 3 N–H and O–H groups in total. The lowest BCUT2D eigenvalue weighted by Gasteiger charge is -2.19. The van der Waals surface area contributed by atoms with Crippen LogP contribution in [-0.4, -0.2) is 26.6 Å². The standard InChI is InChI=1S/C7H16N2O3S/c1-4-5(2)6(7(8)10)9-13(3,11)12/h5-6,9H,4H2,1-3H3,(H2,8,10). The fraction of sp³-hybridized carbons (Fsp3) is 0.857. The first kappa shape index (κ1) is 12.4. The summed E-state index contributed by atoms with van der Waals surface area (Å²) in [5, 5.41) is 0. The van der Waals surface area contributed by atoms with Crippen molar-refractivity contribution in [2.24, 2.45) is 11.7 Å². The molecule has 0 saturated heterocycles. The molecule has 0 aromatic rings. The zero-order chi connectivity index (χ0) is 10.6. The van der Waals surface area contributed by atoms with E-state index in [9.17, 15) is 13.2 Å². The molecule has 0 radical (unpaired) electrons. The summed E-state index contributed by atoms with van der Waals surface area (Å²) in [6, 6.07) is -0.806. The van der Waals surface area contributed by atoms with Crippen molar-refractivity contribution in [3.05, 3.63) is 0 Å². The molecular formula is C7H16N2O3S. The van der Waals surface area contributed by atoms with E-state index in [2.05, 4.69) is 4.72 Å². The van der Waals surface area contributed by atoms with Gasteiger partial charge < -0.3 is 5.73 Å². The molecule has 0 saturated carbocycles. The minimum absolute atomic E-state index is 0.0905. The van der Waals surface area contributed by atoms with Gasteiger partial charge in [0.2, 0.25) is 15.9 Å². The number of primary amides is 1. The van der Waals surface area contributed by atoms with Crippen molar-refractivity contribution in [1.29, 1.82) is 0 Å². The van der Waals surface area contributed by atoms with Crippen LogP contribution in [0, 0.1) is 5.92 Å². The fourth-order valence-electron chi connectivity index (χ4n) is 0.921. The highest BCUT2D eigenvalue weighted by molar-refractivity contribution is 7.88. The third-order valence-corrected chi connectivity index (χ3v) is 2.54. The Morgan fingerprint density at radius 1 is 1.54 bits per heavy atom. The number of hydrogen-bond donors (Lipinski definition) is 2. The number of sulfonamides is 1. The molecule has 0 aromatic carbocycles. The highest BCUT2D eigenvalue weighted by Crippen LogP contribution is 2.07. The Labute approximate surface area is 78.7 Å². The molecule has 2 unspecified atom stereocenters. The molecule has 78 valence electrons. The Morgan fingerprint density at radius 3 is 2.23 bits per heavy atom. The van der Waals surface area contributed by atoms with Crippen molar-refractivity contribution in [2.45, 2.75) is 26.3 Å². The van der Waals surface area contributed by atoms with Gasteiger partial charge in [-0.3, -0.25) is 4.79 Å². The van der Waals surface area contributed by atoms with Crippen LogP contribution in [0.1, 0.15) is 20.3 Å². The number of carbonyl (C=O) groups is 1. The number of nitrogens with two attached hydrogens (primary N) is 1.